The standard InChI is InChI=1S/C13H12FIN2O2S/c1-8-2-4-10(7-12(8)16)20(18,19)17-13-5-3-9(14)6-11(13)15/h2-7,17H,16H2,1H3. The first-order valence-corrected chi connectivity index (χ1v) is 8.20. The molecule has 0 aromatic heterocycles. The highest BCUT2D eigenvalue weighted by Gasteiger charge is 2.16. The molecule has 0 fully saturated rings. The van der Waals surface area contributed by atoms with Gasteiger partial charge in [0.1, 0.15) is 5.82 Å². The normalized spacial score (nSPS) is 11.3. The lowest BCUT2D eigenvalue weighted by Crippen LogP contribution is -2.14. The van der Waals surface area contributed by atoms with Gasteiger partial charge in [-0.2, -0.15) is 0 Å². The number of nitrogens with two attached hydrogens (primary N) is 1. The van der Waals surface area contributed by atoms with E-state index < -0.39 is 15.8 Å². The van der Waals surface area contributed by atoms with E-state index in [1.54, 1.807) is 13.0 Å². The van der Waals surface area contributed by atoms with Crippen LogP contribution in [0.4, 0.5) is 15.8 Å². The predicted molar refractivity (Wildman–Crippen MR) is 85.5 cm³/mol. The number of anilines is 2. The van der Waals surface area contributed by atoms with E-state index in [2.05, 4.69) is 4.72 Å². The highest BCUT2D eigenvalue weighted by molar-refractivity contribution is 14.1. The Morgan fingerprint density at radius 2 is 1.90 bits per heavy atom. The molecular weight excluding hydrogens is 394 g/mol. The van der Waals surface area contributed by atoms with Crippen LogP contribution >= 0.6 is 22.6 Å². The average Bonchev–Trinajstić information content (AvgIpc) is 2.36. The Bertz CT molecular complexity index is 763. The summed E-state index contributed by atoms with van der Waals surface area (Å²) < 4.78 is 40.4. The Labute approximate surface area is 130 Å². The summed E-state index contributed by atoms with van der Waals surface area (Å²) in [5, 5.41) is 0. The summed E-state index contributed by atoms with van der Waals surface area (Å²) in [6.07, 6.45) is 0. The molecule has 2 aromatic carbocycles. The summed E-state index contributed by atoms with van der Waals surface area (Å²) in [6, 6.07) is 8.34. The number of aryl methyl sites for hydroxylation is 1. The minimum absolute atomic E-state index is 0.0701. The number of benzene rings is 2. The fourth-order valence-electron chi connectivity index (χ4n) is 1.56. The molecule has 0 aliphatic heterocycles. The quantitative estimate of drug-likeness (QED) is 0.608. The minimum Gasteiger partial charge on any atom is -0.398 e. The van der Waals surface area contributed by atoms with E-state index in [0.29, 0.717) is 14.9 Å². The largest absolute Gasteiger partial charge is 0.398 e. The first-order chi connectivity index (χ1) is 9.29. The van der Waals surface area contributed by atoms with Gasteiger partial charge in [0.2, 0.25) is 0 Å². The third-order valence-electron chi connectivity index (χ3n) is 2.74. The third kappa shape index (κ3) is 3.21. The highest BCUT2D eigenvalue weighted by atomic mass is 127. The maximum Gasteiger partial charge on any atom is 0.262 e. The van der Waals surface area contributed by atoms with Crippen LogP contribution in [-0.2, 0) is 10.0 Å². The van der Waals surface area contributed by atoms with E-state index >= 15 is 0 Å². The van der Waals surface area contributed by atoms with E-state index in [4.69, 9.17) is 5.73 Å². The van der Waals surface area contributed by atoms with Gasteiger partial charge in [-0.15, -0.1) is 0 Å². The Morgan fingerprint density at radius 3 is 2.50 bits per heavy atom. The van der Waals surface area contributed by atoms with Crippen LogP contribution in [0.1, 0.15) is 5.56 Å². The molecule has 0 unspecified atom stereocenters. The van der Waals surface area contributed by atoms with Gasteiger partial charge >= 0.3 is 0 Å². The monoisotopic (exact) mass is 406 g/mol. The number of hydrogen-bond donors (Lipinski definition) is 2. The van der Waals surface area contributed by atoms with E-state index in [1.807, 2.05) is 22.6 Å². The Morgan fingerprint density at radius 1 is 1.20 bits per heavy atom. The molecule has 0 spiro atoms. The van der Waals surface area contributed by atoms with E-state index in [9.17, 15) is 12.8 Å². The van der Waals surface area contributed by atoms with Gasteiger partial charge < -0.3 is 5.73 Å². The summed E-state index contributed by atoms with van der Waals surface area (Å²) in [5.74, 6) is -0.420. The molecule has 4 nitrogen and oxygen atoms in total. The van der Waals surface area contributed by atoms with Gasteiger partial charge in [0.05, 0.1) is 10.6 Å². The van der Waals surface area contributed by atoms with E-state index in [-0.39, 0.29) is 4.90 Å². The fourth-order valence-corrected chi connectivity index (χ4v) is 3.47. The molecule has 0 heterocycles. The lowest BCUT2D eigenvalue weighted by atomic mass is 10.2. The second-order valence-corrected chi connectivity index (χ2v) is 7.09. The minimum atomic E-state index is -3.75. The molecule has 0 bridgehead atoms. The maximum absolute atomic E-state index is 13.0. The topological polar surface area (TPSA) is 72.2 Å². The average molecular weight is 406 g/mol. The fraction of sp³-hybridized carbons (Fsp3) is 0.0769. The van der Waals surface area contributed by atoms with Crippen LogP contribution in [-0.4, -0.2) is 8.42 Å². The van der Waals surface area contributed by atoms with Crippen LogP contribution in [0.2, 0.25) is 0 Å². The van der Waals surface area contributed by atoms with Gasteiger partial charge in [-0.25, -0.2) is 12.8 Å². The van der Waals surface area contributed by atoms with Crippen LogP contribution < -0.4 is 10.5 Å². The van der Waals surface area contributed by atoms with Crippen molar-refractivity contribution in [3.8, 4) is 0 Å². The second-order valence-electron chi connectivity index (χ2n) is 4.25. The summed E-state index contributed by atoms with van der Waals surface area (Å²) in [4.78, 5) is 0.0701. The van der Waals surface area contributed by atoms with E-state index in [1.165, 1.54) is 30.3 Å². The Balaban J connectivity index is 2.38. The van der Waals surface area contributed by atoms with Crippen LogP contribution in [0.5, 0.6) is 0 Å². The van der Waals surface area contributed by atoms with Crippen molar-refractivity contribution in [2.24, 2.45) is 0 Å². The molecule has 0 aliphatic rings. The van der Waals surface area contributed by atoms with Crippen molar-refractivity contribution >= 4 is 44.0 Å². The Hall–Kier alpha value is -1.35. The number of nitrogens with one attached hydrogen (secondary N) is 1. The smallest absolute Gasteiger partial charge is 0.262 e. The predicted octanol–water partition coefficient (Wildman–Crippen LogP) is 3.12. The van der Waals surface area contributed by atoms with Crippen molar-refractivity contribution in [2.45, 2.75) is 11.8 Å². The molecule has 2 rings (SSSR count). The number of hydrogen-bond acceptors (Lipinski definition) is 3. The van der Waals surface area contributed by atoms with Gasteiger partial charge in [0.25, 0.3) is 10.0 Å². The summed E-state index contributed by atoms with van der Waals surface area (Å²) >= 11 is 1.87. The third-order valence-corrected chi connectivity index (χ3v) is 4.99. The molecule has 3 N–H and O–H groups in total. The first-order valence-electron chi connectivity index (χ1n) is 5.63. The molecule has 0 saturated carbocycles. The van der Waals surface area contributed by atoms with Crippen molar-refractivity contribution in [1.29, 1.82) is 0 Å². The van der Waals surface area contributed by atoms with Crippen molar-refractivity contribution in [2.75, 3.05) is 10.5 Å². The van der Waals surface area contributed by atoms with Gasteiger partial charge in [-0.05, 0) is 65.4 Å². The molecule has 0 aliphatic carbocycles. The van der Waals surface area contributed by atoms with Crippen molar-refractivity contribution < 1.29 is 12.8 Å². The molecule has 106 valence electrons. The molecule has 7 heteroatoms. The van der Waals surface area contributed by atoms with Crippen LogP contribution in [0.25, 0.3) is 0 Å². The number of halogens is 2. The molecule has 0 saturated heterocycles. The van der Waals surface area contributed by atoms with Crippen molar-refractivity contribution in [1.82, 2.24) is 0 Å². The summed E-state index contributed by atoms with van der Waals surface area (Å²) in [5.41, 5.74) is 7.25. The van der Waals surface area contributed by atoms with Gasteiger partial charge in [-0.1, -0.05) is 6.07 Å². The molecular formula is C13H12FIN2O2S. The Kier molecular flexibility index (Phi) is 4.19. The molecule has 0 atom stereocenters. The van der Waals surface area contributed by atoms with Crippen molar-refractivity contribution in [3.63, 3.8) is 0 Å². The zero-order valence-electron chi connectivity index (χ0n) is 10.5. The van der Waals surface area contributed by atoms with Gasteiger partial charge in [-0.3, -0.25) is 4.72 Å². The number of rotatable bonds is 3. The van der Waals surface area contributed by atoms with Crippen LogP contribution in [0, 0.1) is 16.3 Å². The molecule has 0 amide bonds. The second kappa shape index (κ2) is 5.57. The van der Waals surface area contributed by atoms with Crippen LogP contribution in [0.15, 0.2) is 41.3 Å². The van der Waals surface area contributed by atoms with E-state index in [0.717, 1.165) is 5.56 Å². The highest BCUT2D eigenvalue weighted by Crippen LogP contribution is 2.24. The zero-order chi connectivity index (χ0) is 14.9. The summed E-state index contributed by atoms with van der Waals surface area (Å²) in [6.45, 7) is 1.79. The first kappa shape index (κ1) is 15.0. The SMILES string of the molecule is Cc1ccc(S(=O)(=O)Nc2ccc(F)cc2I)cc1N. The number of nitrogen functional groups attached to an aromatic ring is 1. The number of sulfonamides is 1. The van der Waals surface area contributed by atoms with Crippen molar-refractivity contribution in [3.05, 3.63) is 51.3 Å². The molecule has 2 aromatic rings. The maximum atomic E-state index is 13.0. The zero-order valence-corrected chi connectivity index (χ0v) is 13.5. The molecule has 0 radical (unpaired) electrons. The molecule has 20 heavy (non-hydrogen) atoms. The van der Waals surface area contributed by atoms with Gasteiger partial charge in [0, 0.05) is 9.26 Å². The van der Waals surface area contributed by atoms with Crippen LogP contribution in [0.3, 0.4) is 0 Å². The van der Waals surface area contributed by atoms with Gasteiger partial charge in [0.15, 0.2) is 0 Å². The summed E-state index contributed by atoms with van der Waals surface area (Å²) in [7, 11) is -3.75. The lowest BCUT2D eigenvalue weighted by molar-refractivity contribution is 0.601. The lowest BCUT2D eigenvalue weighted by Gasteiger charge is -2.11.